The van der Waals surface area contributed by atoms with Crippen molar-refractivity contribution in [1.82, 2.24) is 9.88 Å². The van der Waals surface area contributed by atoms with Crippen LogP contribution in [0.5, 0.6) is 5.75 Å². The molecule has 0 saturated carbocycles. The molecule has 0 aliphatic carbocycles. The van der Waals surface area contributed by atoms with Gasteiger partial charge in [-0.05, 0) is 49.2 Å². The molecule has 2 aromatic carbocycles. The van der Waals surface area contributed by atoms with Gasteiger partial charge in [0.2, 0.25) is 12.1 Å². The molecule has 1 aliphatic rings. The molecule has 1 unspecified atom stereocenters. The van der Waals surface area contributed by atoms with Crippen molar-refractivity contribution in [3.63, 3.8) is 0 Å². The molecule has 34 heavy (non-hydrogen) atoms. The standard InChI is InChI=1S/C26H26FN3O4/c1-17(2)34-21-10-6-18(7-11-21)23-22(24(31)19-4-8-20(27)9-5-19)25(32)26(33)30(23)14-3-13-29-15-12-28-16-29/h4-12,15-17,23H,3,13-14H2,1-2H3,(H,31,32). The number of imidazole rings is 1. The Bertz CT molecular complexity index is 1190. The fourth-order valence-electron chi connectivity index (χ4n) is 4.09. The summed E-state index contributed by atoms with van der Waals surface area (Å²) in [6, 6.07) is 11.2. The first-order valence-corrected chi connectivity index (χ1v) is 11.2. The van der Waals surface area contributed by atoms with E-state index in [-0.39, 0.29) is 23.8 Å². The number of hydrogen-bond donors (Lipinski definition) is 1. The predicted octanol–water partition coefficient (Wildman–Crippen LogP) is 2.54. The number of H-pyrrole nitrogens is 1. The molecule has 2 heterocycles. The summed E-state index contributed by atoms with van der Waals surface area (Å²) >= 11 is 0. The van der Waals surface area contributed by atoms with E-state index in [1.165, 1.54) is 17.0 Å². The molecule has 3 aromatic rings. The number of nitrogens with zero attached hydrogens (tertiary/aromatic N) is 2. The summed E-state index contributed by atoms with van der Waals surface area (Å²) in [5.41, 5.74) is 0.672. The number of aromatic amines is 1. The van der Waals surface area contributed by atoms with Crippen LogP contribution in [-0.2, 0) is 16.1 Å². The molecule has 1 fully saturated rings. The van der Waals surface area contributed by atoms with Crippen molar-refractivity contribution in [3.05, 3.63) is 89.8 Å². The molecule has 1 aliphatic heterocycles. The van der Waals surface area contributed by atoms with Crippen LogP contribution in [0.4, 0.5) is 4.39 Å². The van der Waals surface area contributed by atoms with Crippen LogP contribution in [0.15, 0.2) is 72.8 Å². The van der Waals surface area contributed by atoms with E-state index in [1.807, 2.05) is 24.6 Å². The van der Waals surface area contributed by atoms with Gasteiger partial charge in [0.15, 0.2) is 0 Å². The van der Waals surface area contributed by atoms with Gasteiger partial charge in [-0.25, -0.2) is 8.96 Å². The number of rotatable bonds is 8. The Morgan fingerprint density at radius 1 is 1.15 bits per heavy atom. The number of halogens is 1. The zero-order valence-corrected chi connectivity index (χ0v) is 19.0. The van der Waals surface area contributed by atoms with E-state index >= 15 is 0 Å². The third kappa shape index (κ3) is 4.85. The highest BCUT2D eigenvalue weighted by Crippen LogP contribution is 2.39. The van der Waals surface area contributed by atoms with E-state index in [9.17, 15) is 19.1 Å². The van der Waals surface area contributed by atoms with Gasteiger partial charge < -0.3 is 14.7 Å². The van der Waals surface area contributed by atoms with E-state index in [1.54, 1.807) is 36.8 Å². The second-order valence-corrected chi connectivity index (χ2v) is 8.42. The number of Topliss-reactive ketones (excluding diaryl/α,β-unsaturated/α-hetero) is 1. The van der Waals surface area contributed by atoms with Crippen LogP contribution in [0, 0.1) is 5.82 Å². The minimum absolute atomic E-state index is 0.00917. The average Bonchev–Trinajstić information content (AvgIpc) is 3.42. The van der Waals surface area contributed by atoms with Gasteiger partial charge in [-0.2, -0.15) is 0 Å². The Morgan fingerprint density at radius 2 is 1.85 bits per heavy atom. The second kappa shape index (κ2) is 9.91. The maximum absolute atomic E-state index is 13.4. The Balaban J connectivity index is 1.71. The summed E-state index contributed by atoms with van der Waals surface area (Å²) in [5.74, 6) is -1.95. The van der Waals surface area contributed by atoms with Crippen LogP contribution in [0.3, 0.4) is 0 Å². The van der Waals surface area contributed by atoms with Crippen LogP contribution < -0.4 is 14.4 Å². The summed E-state index contributed by atoms with van der Waals surface area (Å²) < 4.78 is 21.0. The molecule has 1 amide bonds. The molecule has 1 aromatic heterocycles. The number of aryl methyl sites for hydroxylation is 1. The Hall–Kier alpha value is -3.94. The van der Waals surface area contributed by atoms with Crippen LogP contribution in [-0.4, -0.2) is 34.2 Å². The number of carbonyl (C=O) groups excluding carboxylic acids is 2. The molecule has 1 N–H and O–H groups in total. The first-order valence-electron chi connectivity index (χ1n) is 11.2. The van der Waals surface area contributed by atoms with Gasteiger partial charge in [-0.3, -0.25) is 14.6 Å². The third-order valence-corrected chi connectivity index (χ3v) is 5.62. The van der Waals surface area contributed by atoms with E-state index in [2.05, 4.69) is 4.98 Å². The second-order valence-electron chi connectivity index (χ2n) is 8.42. The van der Waals surface area contributed by atoms with Gasteiger partial charge in [0.25, 0.3) is 5.91 Å². The minimum atomic E-state index is -0.832. The number of amides is 1. The smallest absolute Gasteiger partial charge is 0.295 e. The predicted molar refractivity (Wildman–Crippen MR) is 121 cm³/mol. The van der Waals surface area contributed by atoms with E-state index in [0.717, 1.165) is 12.1 Å². The lowest BCUT2D eigenvalue weighted by molar-refractivity contribution is -0.695. The SMILES string of the molecule is CC(C)Oc1ccc(C2/C(=C(\[O-])c3ccc(F)cc3)C(=O)C(=O)N2CCC[n+]2cc[nH]c2)cc1. The highest BCUT2D eigenvalue weighted by molar-refractivity contribution is 6.46. The van der Waals surface area contributed by atoms with Crippen LogP contribution >= 0.6 is 0 Å². The maximum atomic E-state index is 13.4. The molecule has 4 rings (SSSR count). The topological polar surface area (TPSA) is 89.3 Å². The minimum Gasteiger partial charge on any atom is -0.872 e. The lowest BCUT2D eigenvalue weighted by Crippen LogP contribution is -2.36. The number of carbonyl (C=O) groups is 2. The normalized spacial score (nSPS) is 17.5. The Morgan fingerprint density at radius 3 is 2.47 bits per heavy atom. The highest BCUT2D eigenvalue weighted by Gasteiger charge is 2.43. The first-order chi connectivity index (χ1) is 16.3. The number of ether oxygens (including phenoxy) is 1. The van der Waals surface area contributed by atoms with E-state index in [0.29, 0.717) is 24.3 Å². The maximum Gasteiger partial charge on any atom is 0.295 e. The molecule has 176 valence electrons. The van der Waals surface area contributed by atoms with Crippen molar-refractivity contribution in [1.29, 1.82) is 0 Å². The number of benzene rings is 2. The fraction of sp³-hybridized carbons (Fsp3) is 0.269. The Kier molecular flexibility index (Phi) is 6.77. The molecule has 8 heteroatoms. The summed E-state index contributed by atoms with van der Waals surface area (Å²) in [6.45, 7) is 4.76. The number of aromatic nitrogens is 2. The molecule has 0 radical (unpaired) electrons. The van der Waals surface area contributed by atoms with Crippen LogP contribution in [0.2, 0.25) is 0 Å². The average molecular weight is 464 g/mol. The van der Waals surface area contributed by atoms with Crippen molar-refractivity contribution >= 4 is 17.4 Å². The zero-order chi connectivity index (χ0) is 24.2. The monoisotopic (exact) mass is 463 g/mol. The summed E-state index contributed by atoms with van der Waals surface area (Å²) in [7, 11) is 0. The lowest BCUT2D eigenvalue weighted by atomic mass is 9.95. The third-order valence-electron chi connectivity index (χ3n) is 5.62. The van der Waals surface area contributed by atoms with Crippen molar-refractivity contribution < 1.29 is 28.4 Å². The van der Waals surface area contributed by atoms with Gasteiger partial charge in [-0.1, -0.05) is 30.0 Å². The number of ketones is 1. The van der Waals surface area contributed by atoms with Gasteiger partial charge in [0, 0.05) is 18.5 Å². The molecule has 1 saturated heterocycles. The molecule has 1 atom stereocenters. The molecule has 7 nitrogen and oxygen atoms in total. The highest BCUT2D eigenvalue weighted by atomic mass is 19.1. The van der Waals surface area contributed by atoms with Crippen molar-refractivity contribution in [2.24, 2.45) is 0 Å². The van der Waals surface area contributed by atoms with Gasteiger partial charge in [-0.15, -0.1) is 0 Å². The number of hydrogen-bond acceptors (Lipinski definition) is 4. The van der Waals surface area contributed by atoms with Crippen molar-refractivity contribution in [3.8, 4) is 5.75 Å². The zero-order valence-electron chi connectivity index (χ0n) is 19.0. The summed E-state index contributed by atoms with van der Waals surface area (Å²) in [6.07, 6.45) is 6.05. The van der Waals surface area contributed by atoms with E-state index in [4.69, 9.17) is 4.74 Å². The molecule has 0 spiro atoms. The van der Waals surface area contributed by atoms with Crippen LogP contribution in [0.25, 0.3) is 5.76 Å². The quantitative estimate of drug-likeness (QED) is 0.241. The van der Waals surface area contributed by atoms with E-state index < -0.39 is 29.3 Å². The number of likely N-dealkylation sites (tertiary alicyclic amines) is 1. The van der Waals surface area contributed by atoms with Crippen molar-refractivity contribution in [2.75, 3.05) is 6.54 Å². The van der Waals surface area contributed by atoms with Gasteiger partial charge >= 0.3 is 0 Å². The number of nitrogens with one attached hydrogen (secondary N) is 1. The summed E-state index contributed by atoms with van der Waals surface area (Å²) in [4.78, 5) is 30.4. The lowest BCUT2D eigenvalue weighted by Gasteiger charge is -2.27. The fourth-order valence-corrected chi connectivity index (χ4v) is 4.09. The summed E-state index contributed by atoms with van der Waals surface area (Å²) in [5, 5.41) is 13.3. The molecular formula is C26H26FN3O4. The first kappa shape index (κ1) is 23.2. The molecular weight excluding hydrogens is 437 g/mol. The van der Waals surface area contributed by atoms with Crippen molar-refractivity contribution in [2.45, 2.75) is 39.0 Å². The van der Waals surface area contributed by atoms with Gasteiger partial charge in [0.05, 0.1) is 18.7 Å². The molecule has 0 bridgehead atoms. The van der Waals surface area contributed by atoms with Gasteiger partial charge in [0.1, 0.15) is 24.0 Å². The largest absolute Gasteiger partial charge is 0.872 e. The Labute approximate surface area is 197 Å². The van der Waals surface area contributed by atoms with Crippen LogP contribution in [0.1, 0.15) is 37.4 Å².